The van der Waals surface area contributed by atoms with Gasteiger partial charge in [0.2, 0.25) is 0 Å². The fourth-order valence-corrected chi connectivity index (χ4v) is 3.96. The van der Waals surface area contributed by atoms with Crippen LogP contribution in [-0.2, 0) is 10.0 Å². The first-order valence-electron chi connectivity index (χ1n) is 9.51. The van der Waals surface area contributed by atoms with E-state index < -0.39 is 15.9 Å². The number of carbonyl (C=O) groups is 1. The van der Waals surface area contributed by atoms with Gasteiger partial charge in [-0.15, -0.1) is 0 Å². The molecular weight excluding hydrogens is 400 g/mol. The van der Waals surface area contributed by atoms with Crippen molar-refractivity contribution in [2.75, 3.05) is 10.0 Å². The molecule has 0 atom stereocenters. The van der Waals surface area contributed by atoms with Crippen molar-refractivity contribution < 1.29 is 17.9 Å². The summed E-state index contributed by atoms with van der Waals surface area (Å²) in [5.41, 5.74) is 2.13. The second-order valence-electron chi connectivity index (χ2n) is 7.09. The van der Waals surface area contributed by atoms with Gasteiger partial charge < -0.3 is 10.1 Å². The summed E-state index contributed by atoms with van der Waals surface area (Å²) in [6.45, 7) is 5.69. The zero-order chi connectivity index (χ0) is 21.7. The first kappa shape index (κ1) is 21.4. The van der Waals surface area contributed by atoms with Gasteiger partial charge in [-0.05, 0) is 74.9 Å². The highest BCUT2D eigenvalue weighted by Gasteiger charge is 2.17. The zero-order valence-corrected chi connectivity index (χ0v) is 17.9. The topological polar surface area (TPSA) is 84.5 Å². The molecule has 0 fully saturated rings. The van der Waals surface area contributed by atoms with Gasteiger partial charge in [0.25, 0.3) is 15.9 Å². The Bertz CT molecular complexity index is 1140. The predicted molar refractivity (Wildman–Crippen MR) is 119 cm³/mol. The molecule has 3 aromatic carbocycles. The van der Waals surface area contributed by atoms with E-state index in [1.165, 1.54) is 12.1 Å². The average molecular weight is 425 g/mol. The lowest BCUT2D eigenvalue weighted by Crippen LogP contribution is -2.16. The smallest absolute Gasteiger partial charge is 0.261 e. The van der Waals surface area contributed by atoms with Gasteiger partial charge in [-0.25, -0.2) is 8.42 Å². The fraction of sp³-hybridized carbons (Fsp3) is 0.174. The first-order chi connectivity index (χ1) is 14.2. The monoisotopic (exact) mass is 424 g/mol. The van der Waals surface area contributed by atoms with E-state index in [0.717, 1.165) is 5.56 Å². The zero-order valence-electron chi connectivity index (χ0n) is 17.0. The molecule has 0 saturated carbocycles. The number of aryl methyl sites for hydroxylation is 1. The molecule has 0 aromatic heterocycles. The third kappa shape index (κ3) is 5.39. The lowest BCUT2D eigenvalue weighted by Gasteiger charge is -2.12. The maximum absolute atomic E-state index is 12.8. The molecule has 0 aliphatic carbocycles. The van der Waals surface area contributed by atoms with Gasteiger partial charge in [-0.2, -0.15) is 0 Å². The molecule has 0 bridgehead atoms. The highest BCUT2D eigenvalue weighted by Crippen LogP contribution is 2.21. The Labute approximate surface area is 177 Å². The van der Waals surface area contributed by atoms with Crippen molar-refractivity contribution >= 4 is 27.3 Å². The van der Waals surface area contributed by atoms with E-state index in [-0.39, 0.29) is 16.6 Å². The second kappa shape index (κ2) is 9.00. The number of hydrogen-bond acceptors (Lipinski definition) is 4. The molecule has 3 rings (SSSR count). The molecule has 3 aromatic rings. The number of sulfonamides is 1. The number of nitrogens with one attached hydrogen (secondary N) is 2. The molecule has 156 valence electrons. The summed E-state index contributed by atoms with van der Waals surface area (Å²) in [5.74, 6) is 0.304. The summed E-state index contributed by atoms with van der Waals surface area (Å²) in [7, 11) is -3.83. The van der Waals surface area contributed by atoms with Crippen molar-refractivity contribution in [1.82, 2.24) is 0 Å². The number of para-hydroxylation sites is 1. The number of hydrogen-bond donors (Lipinski definition) is 2. The lowest BCUT2D eigenvalue weighted by atomic mass is 10.2. The normalized spacial score (nSPS) is 11.2. The van der Waals surface area contributed by atoms with Crippen molar-refractivity contribution in [2.24, 2.45) is 0 Å². The van der Waals surface area contributed by atoms with Crippen LogP contribution in [0, 0.1) is 6.92 Å². The standard InChI is InChI=1S/C23H24N2O4S/c1-16(2)29-20-13-11-19(12-14-20)24-23(26)18-8-6-9-21(15-18)30(27,28)25-22-10-5-4-7-17(22)3/h4-16,25H,1-3H3,(H,24,26). The predicted octanol–water partition coefficient (Wildman–Crippen LogP) is 4.84. The van der Waals surface area contributed by atoms with E-state index in [1.54, 1.807) is 48.5 Å². The van der Waals surface area contributed by atoms with Crippen LogP contribution < -0.4 is 14.8 Å². The molecule has 0 saturated heterocycles. The summed E-state index contributed by atoms with van der Waals surface area (Å²) in [6.07, 6.45) is 0.0587. The summed E-state index contributed by atoms with van der Waals surface area (Å²) in [4.78, 5) is 12.6. The Balaban J connectivity index is 1.76. The van der Waals surface area contributed by atoms with Gasteiger partial charge in [0, 0.05) is 11.3 Å². The van der Waals surface area contributed by atoms with Crippen LogP contribution in [0.5, 0.6) is 5.75 Å². The minimum atomic E-state index is -3.83. The summed E-state index contributed by atoms with van der Waals surface area (Å²) < 4.78 is 33.7. The number of anilines is 2. The highest BCUT2D eigenvalue weighted by molar-refractivity contribution is 7.92. The Hall–Kier alpha value is -3.32. The molecule has 30 heavy (non-hydrogen) atoms. The number of ether oxygens (including phenoxy) is 1. The summed E-state index contributed by atoms with van der Waals surface area (Å²) in [5, 5.41) is 2.77. The molecule has 7 heteroatoms. The molecule has 0 spiro atoms. The van der Waals surface area contributed by atoms with Crippen LogP contribution in [0.15, 0.2) is 77.7 Å². The number of rotatable bonds is 7. The first-order valence-corrected chi connectivity index (χ1v) is 11.0. The van der Waals surface area contributed by atoms with E-state index in [0.29, 0.717) is 17.1 Å². The minimum absolute atomic E-state index is 0.0130. The molecular formula is C23H24N2O4S. The average Bonchev–Trinajstić information content (AvgIpc) is 2.71. The van der Waals surface area contributed by atoms with Crippen LogP contribution in [0.3, 0.4) is 0 Å². The maximum Gasteiger partial charge on any atom is 0.261 e. The van der Waals surface area contributed by atoms with E-state index in [4.69, 9.17) is 4.74 Å². The van der Waals surface area contributed by atoms with E-state index in [9.17, 15) is 13.2 Å². The Morgan fingerprint density at radius 2 is 1.63 bits per heavy atom. The van der Waals surface area contributed by atoms with Gasteiger partial charge in [-0.1, -0.05) is 24.3 Å². The van der Waals surface area contributed by atoms with Crippen LogP contribution in [0.2, 0.25) is 0 Å². The van der Waals surface area contributed by atoms with Crippen molar-refractivity contribution in [2.45, 2.75) is 31.8 Å². The largest absolute Gasteiger partial charge is 0.491 e. The van der Waals surface area contributed by atoms with Crippen molar-refractivity contribution in [3.8, 4) is 5.75 Å². The fourth-order valence-electron chi connectivity index (χ4n) is 2.79. The van der Waals surface area contributed by atoms with Crippen molar-refractivity contribution in [3.63, 3.8) is 0 Å². The molecule has 2 N–H and O–H groups in total. The van der Waals surface area contributed by atoms with Crippen LogP contribution >= 0.6 is 0 Å². The Kier molecular flexibility index (Phi) is 6.42. The van der Waals surface area contributed by atoms with E-state index in [1.807, 2.05) is 32.9 Å². The molecule has 0 aliphatic heterocycles. The van der Waals surface area contributed by atoms with Crippen LogP contribution in [0.4, 0.5) is 11.4 Å². The SMILES string of the molecule is Cc1ccccc1NS(=O)(=O)c1cccc(C(=O)Nc2ccc(OC(C)C)cc2)c1. The highest BCUT2D eigenvalue weighted by atomic mass is 32.2. The third-order valence-corrected chi connectivity index (χ3v) is 5.64. The van der Waals surface area contributed by atoms with Gasteiger partial charge in [0.05, 0.1) is 16.7 Å². The van der Waals surface area contributed by atoms with Gasteiger partial charge in [0.15, 0.2) is 0 Å². The van der Waals surface area contributed by atoms with E-state index >= 15 is 0 Å². The molecule has 0 aliphatic rings. The minimum Gasteiger partial charge on any atom is -0.491 e. The number of amides is 1. The number of benzene rings is 3. The maximum atomic E-state index is 12.8. The Morgan fingerprint density at radius 3 is 2.30 bits per heavy atom. The quantitative estimate of drug-likeness (QED) is 0.569. The van der Waals surface area contributed by atoms with Crippen molar-refractivity contribution in [3.05, 3.63) is 83.9 Å². The van der Waals surface area contributed by atoms with Gasteiger partial charge in [-0.3, -0.25) is 9.52 Å². The molecule has 1 amide bonds. The second-order valence-corrected chi connectivity index (χ2v) is 8.78. The molecule has 0 unspecified atom stereocenters. The van der Waals surface area contributed by atoms with Crippen LogP contribution in [0.25, 0.3) is 0 Å². The van der Waals surface area contributed by atoms with Crippen LogP contribution in [0.1, 0.15) is 29.8 Å². The third-order valence-electron chi connectivity index (χ3n) is 4.28. The molecule has 6 nitrogen and oxygen atoms in total. The lowest BCUT2D eigenvalue weighted by molar-refractivity contribution is 0.102. The summed E-state index contributed by atoms with van der Waals surface area (Å²) in [6, 6.07) is 20.0. The van der Waals surface area contributed by atoms with Crippen molar-refractivity contribution in [1.29, 1.82) is 0 Å². The van der Waals surface area contributed by atoms with E-state index in [2.05, 4.69) is 10.0 Å². The summed E-state index contributed by atoms with van der Waals surface area (Å²) >= 11 is 0. The Morgan fingerprint density at radius 1 is 0.933 bits per heavy atom. The van der Waals surface area contributed by atoms with Gasteiger partial charge >= 0.3 is 0 Å². The molecule has 0 heterocycles. The number of carbonyl (C=O) groups excluding carboxylic acids is 1. The van der Waals surface area contributed by atoms with Gasteiger partial charge in [0.1, 0.15) is 5.75 Å². The van der Waals surface area contributed by atoms with Crippen LogP contribution in [-0.4, -0.2) is 20.4 Å². The molecule has 0 radical (unpaired) electrons.